The topological polar surface area (TPSA) is 17.0 Å². The van der Waals surface area contributed by atoms with Gasteiger partial charge >= 0.3 is 0 Å². The lowest BCUT2D eigenvalue weighted by atomic mass is 10.1. The van der Waals surface area contributed by atoms with Crippen LogP contribution in [0.15, 0.2) is 30.3 Å². The number of para-hydroxylation sites is 1. The maximum absolute atomic E-state index is 3.61. The fourth-order valence-electron chi connectivity index (χ4n) is 2.55. The van der Waals surface area contributed by atoms with Gasteiger partial charge in [-0.2, -0.15) is 0 Å². The molecule has 0 saturated carbocycles. The third-order valence-electron chi connectivity index (χ3n) is 3.68. The first-order valence-corrected chi connectivity index (χ1v) is 7.83. The molecule has 0 spiro atoms. The number of aryl methyl sites for hydroxylation is 1. The molecule has 0 atom stereocenters. The van der Waals surface area contributed by atoms with E-state index in [4.69, 9.17) is 0 Å². The van der Waals surface area contributed by atoms with Gasteiger partial charge < -0.3 is 9.88 Å². The Morgan fingerprint density at radius 3 is 2.55 bits per heavy atom. The zero-order chi connectivity index (χ0) is 14.6. The molecule has 2 aromatic rings. The Morgan fingerprint density at radius 2 is 1.85 bits per heavy atom. The number of hydrogen-bond donors (Lipinski definition) is 1. The molecule has 0 bridgehead atoms. The number of aromatic nitrogens is 1. The van der Waals surface area contributed by atoms with Crippen LogP contribution in [0.2, 0.25) is 0 Å². The van der Waals surface area contributed by atoms with E-state index in [9.17, 15) is 0 Å². The summed E-state index contributed by atoms with van der Waals surface area (Å²) in [4.78, 5) is 0. The fourth-order valence-corrected chi connectivity index (χ4v) is 2.55. The SMILES string of the molecule is CCCCCn1c(CNC(C)(C)C)cc2ccccc21. The minimum atomic E-state index is 0.157. The molecule has 1 aromatic heterocycles. The molecule has 0 fully saturated rings. The molecule has 0 saturated heterocycles. The first-order chi connectivity index (χ1) is 9.51. The number of nitrogens with one attached hydrogen (secondary N) is 1. The molecule has 0 radical (unpaired) electrons. The summed E-state index contributed by atoms with van der Waals surface area (Å²) in [6.07, 6.45) is 3.84. The molecule has 0 unspecified atom stereocenters. The number of nitrogens with zero attached hydrogens (tertiary/aromatic N) is 1. The normalized spacial score (nSPS) is 12.2. The van der Waals surface area contributed by atoms with Crippen LogP contribution in [0.1, 0.15) is 52.7 Å². The van der Waals surface area contributed by atoms with Crippen molar-refractivity contribution in [3.05, 3.63) is 36.0 Å². The van der Waals surface area contributed by atoms with Gasteiger partial charge in [-0.1, -0.05) is 38.0 Å². The summed E-state index contributed by atoms with van der Waals surface area (Å²) in [5, 5.41) is 4.97. The third-order valence-corrected chi connectivity index (χ3v) is 3.68. The van der Waals surface area contributed by atoms with Crippen molar-refractivity contribution < 1.29 is 0 Å². The molecule has 20 heavy (non-hydrogen) atoms. The number of hydrogen-bond acceptors (Lipinski definition) is 1. The van der Waals surface area contributed by atoms with Crippen LogP contribution < -0.4 is 5.32 Å². The highest BCUT2D eigenvalue weighted by molar-refractivity contribution is 5.81. The standard InChI is InChI=1S/C18H28N2/c1-5-6-9-12-20-16(14-19-18(2,3)4)13-15-10-7-8-11-17(15)20/h7-8,10-11,13,19H,5-6,9,12,14H2,1-4H3. The summed E-state index contributed by atoms with van der Waals surface area (Å²) >= 11 is 0. The molecule has 110 valence electrons. The predicted molar refractivity (Wildman–Crippen MR) is 88.1 cm³/mol. The molecule has 1 aromatic carbocycles. The zero-order valence-electron chi connectivity index (χ0n) is 13.4. The van der Waals surface area contributed by atoms with Crippen LogP contribution in [0, 0.1) is 0 Å². The molecule has 2 rings (SSSR count). The summed E-state index contributed by atoms with van der Waals surface area (Å²) < 4.78 is 2.49. The van der Waals surface area contributed by atoms with Crippen LogP contribution in [0.4, 0.5) is 0 Å². The van der Waals surface area contributed by atoms with E-state index in [1.54, 1.807) is 0 Å². The molecule has 0 amide bonds. The van der Waals surface area contributed by atoms with Crippen molar-refractivity contribution in [3.8, 4) is 0 Å². The van der Waals surface area contributed by atoms with Crippen molar-refractivity contribution >= 4 is 10.9 Å². The fraction of sp³-hybridized carbons (Fsp3) is 0.556. The van der Waals surface area contributed by atoms with Crippen LogP contribution in [-0.2, 0) is 13.1 Å². The van der Waals surface area contributed by atoms with E-state index in [2.05, 4.69) is 67.9 Å². The lowest BCUT2D eigenvalue weighted by molar-refractivity contribution is 0.415. The maximum Gasteiger partial charge on any atom is 0.0482 e. The predicted octanol–water partition coefficient (Wildman–Crippen LogP) is 4.72. The molecule has 2 nitrogen and oxygen atoms in total. The lowest BCUT2D eigenvalue weighted by Gasteiger charge is -2.21. The van der Waals surface area contributed by atoms with E-state index < -0.39 is 0 Å². The molecular formula is C18H28N2. The second kappa shape index (κ2) is 6.45. The summed E-state index contributed by atoms with van der Waals surface area (Å²) in [5.74, 6) is 0. The number of fused-ring (bicyclic) bond motifs is 1. The van der Waals surface area contributed by atoms with E-state index in [0.717, 1.165) is 13.1 Å². The number of rotatable bonds is 6. The minimum absolute atomic E-state index is 0.157. The maximum atomic E-state index is 3.61. The second-order valence-corrected chi connectivity index (χ2v) is 6.66. The van der Waals surface area contributed by atoms with Gasteiger partial charge in [-0.3, -0.25) is 0 Å². The molecule has 0 aliphatic carbocycles. The van der Waals surface area contributed by atoms with Crippen molar-refractivity contribution in [1.82, 2.24) is 9.88 Å². The van der Waals surface area contributed by atoms with Gasteiger partial charge in [0.05, 0.1) is 0 Å². The highest BCUT2D eigenvalue weighted by Crippen LogP contribution is 2.21. The van der Waals surface area contributed by atoms with Crippen molar-refractivity contribution in [3.63, 3.8) is 0 Å². The Balaban J connectivity index is 2.24. The quantitative estimate of drug-likeness (QED) is 0.753. The minimum Gasteiger partial charge on any atom is -0.343 e. The van der Waals surface area contributed by atoms with E-state index in [1.165, 1.54) is 35.9 Å². The third kappa shape index (κ3) is 3.86. The first-order valence-electron chi connectivity index (χ1n) is 7.83. The average Bonchev–Trinajstić information content (AvgIpc) is 2.74. The van der Waals surface area contributed by atoms with E-state index in [-0.39, 0.29) is 5.54 Å². The van der Waals surface area contributed by atoms with Gasteiger partial charge in [0.15, 0.2) is 0 Å². The van der Waals surface area contributed by atoms with Gasteiger partial charge in [-0.15, -0.1) is 0 Å². The summed E-state index contributed by atoms with van der Waals surface area (Å²) in [5.41, 5.74) is 2.93. The van der Waals surface area contributed by atoms with Crippen LogP contribution in [0.5, 0.6) is 0 Å². The van der Waals surface area contributed by atoms with Gasteiger partial charge in [0.25, 0.3) is 0 Å². The first kappa shape index (κ1) is 15.1. The van der Waals surface area contributed by atoms with E-state index in [0.29, 0.717) is 0 Å². The lowest BCUT2D eigenvalue weighted by Crippen LogP contribution is -2.35. The largest absolute Gasteiger partial charge is 0.343 e. The molecule has 0 aliphatic heterocycles. The van der Waals surface area contributed by atoms with Gasteiger partial charge in [0.1, 0.15) is 0 Å². The Kier molecular flexibility index (Phi) is 4.87. The molecule has 1 heterocycles. The monoisotopic (exact) mass is 272 g/mol. The van der Waals surface area contributed by atoms with Crippen LogP contribution >= 0.6 is 0 Å². The van der Waals surface area contributed by atoms with Crippen molar-refractivity contribution in [2.24, 2.45) is 0 Å². The summed E-state index contributed by atoms with van der Waals surface area (Å²) in [6.45, 7) is 11.0. The molecule has 1 N–H and O–H groups in total. The number of benzene rings is 1. The van der Waals surface area contributed by atoms with Crippen LogP contribution in [0.25, 0.3) is 10.9 Å². The number of unbranched alkanes of at least 4 members (excludes halogenated alkanes) is 2. The molecule has 0 aliphatic rings. The Morgan fingerprint density at radius 1 is 1.10 bits per heavy atom. The Labute approximate surface area is 123 Å². The van der Waals surface area contributed by atoms with E-state index in [1.807, 2.05) is 0 Å². The summed E-state index contributed by atoms with van der Waals surface area (Å²) in [7, 11) is 0. The average molecular weight is 272 g/mol. The van der Waals surface area contributed by atoms with Crippen LogP contribution in [-0.4, -0.2) is 10.1 Å². The van der Waals surface area contributed by atoms with E-state index >= 15 is 0 Å². The second-order valence-electron chi connectivity index (χ2n) is 6.66. The van der Waals surface area contributed by atoms with Crippen molar-refractivity contribution in [2.45, 2.75) is 65.6 Å². The highest BCUT2D eigenvalue weighted by atomic mass is 15.0. The summed E-state index contributed by atoms with van der Waals surface area (Å²) in [6, 6.07) is 11.0. The highest BCUT2D eigenvalue weighted by Gasteiger charge is 2.12. The Hall–Kier alpha value is -1.28. The molecular weight excluding hydrogens is 244 g/mol. The molecule has 2 heteroatoms. The van der Waals surface area contributed by atoms with Gasteiger partial charge in [0, 0.05) is 29.8 Å². The smallest absolute Gasteiger partial charge is 0.0482 e. The Bertz CT molecular complexity index is 546. The zero-order valence-corrected chi connectivity index (χ0v) is 13.4. The van der Waals surface area contributed by atoms with Crippen molar-refractivity contribution in [1.29, 1.82) is 0 Å². The van der Waals surface area contributed by atoms with Gasteiger partial charge in [-0.05, 0) is 44.7 Å². The van der Waals surface area contributed by atoms with Crippen LogP contribution in [0.3, 0.4) is 0 Å². The van der Waals surface area contributed by atoms with Gasteiger partial charge in [-0.25, -0.2) is 0 Å². The van der Waals surface area contributed by atoms with Gasteiger partial charge in [0.2, 0.25) is 0 Å². The van der Waals surface area contributed by atoms with Crippen molar-refractivity contribution in [2.75, 3.05) is 0 Å².